The first-order valence-electron chi connectivity index (χ1n) is 54.4. The molecule has 19 rings (SSSR count). The van der Waals surface area contributed by atoms with E-state index in [9.17, 15) is 0 Å². The van der Waals surface area contributed by atoms with Crippen LogP contribution in [0.15, 0.2) is 231 Å². The molecule has 0 unspecified atom stereocenters. The zero-order chi connectivity index (χ0) is 108. The average molecular weight is 1980 g/mol. The fraction of sp³-hybridized carbons (Fsp3) is 0.338. The maximum atomic E-state index is 5.96. The van der Waals surface area contributed by atoms with E-state index in [4.69, 9.17) is 19.9 Å². The Labute approximate surface area is 894 Å². The van der Waals surface area contributed by atoms with E-state index in [-0.39, 0.29) is 65.0 Å². The Morgan fingerprint density at radius 3 is 0.327 bits per heavy atom. The highest BCUT2D eigenvalue weighted by Gasteiger charge is 2.34. The van der Waals surface area contributed by atoms with Crippen molar-refractivity contribution in [1.29, 1.82) is 0 Å². The summed E-state index contributed by atoms with van der Waals surface area (Å²) in [7, 11) is 0. The highest BCUT2D eigenvalue weighted by atomic mass is 14.8. The monoisotopic (exact) mass is 1980 g/mol. The number of aromatic amines is 4. The van der Waals surface area contributed by atoms with Crippen molar-refractivity contribution in [3.05, 3.63) is 343 Å². The van der Waals surface area contributed by atoms with E-state index in [0.29, 0.717) is 0 Å². The minimum absolute atomic E-state index is 0.142. The van der Waals surface area contributed by atoms with Crippen LogP contribution in [-0.4, -0.2) is 39.9 Å². The number of nitrogens with one attached hydrogen (secondary N) is 4. The van der Waals surface area contributed by atoms with Crippen molar-refractivity contribution in [2.24, 2.45) is 0 Å². The number of H-pyrrole nitrogens is 4. The first-order valence-corrected chi connectivity index (χ1v) is 54.4. The number of aromatic nitrogens is 8. The molecule has 8 heteroatoms. The molecule has 9 aromatic carbocycles. The Balaban J connectivity index is 0.785. The number of nitrogens with zero attached hydrogens (tertiary/aromatic N) is 4. The second-order valence-electron chi connectivity index (χ2n) is 55.5. The first kappa shape index (κ1) is 105. The van der Waals surface area contributed by atoms with Gasteiger partial charge in [-0.25, -0.2) is 19.9 Å². The summed E-state index contributed by atoms with van der Waals surface area (Å²) in [6, 6.07) is 89.2. The first-order chi connectivity index (χ1) is 69.8. The number of benzene rings is 9. The zero-order valence-corrected chi connectivity index (χ0v) is 96.3. The van der Waals surface area contributed by atoms with E-state index >= 15 is 0 Å². The predicted molar refractivity (Wildman–Crippen MR) is 650 cm³/mol. The molecule has 150 heavy (non-hydrogen) atoms. The maximum absolute atomic E-state index is 5.96. The molecule has 0 amide bonds. The molecule has 0 spiro atoms. The second kappa shape index (κ2) is 37.1. The molecule has 4 N–H and O–H groups in total. The third-order valence-corrected chi connectivity index (χ3v) is 31.1. The minimum Gasteiger partial charge on any atom is -0.354 e. The highest BCUT2D eigenvalue weighted by molar-refractivity contribution is 6.04. The molecule has 4 aliphatic rings. The van der Waals surface area contributed by atoms with Gasteiger partial charge in [0, 0.05) is 88.6 Å². The second-order valence-corrected chi connectivity index (χ2v) is 55.5. The molecule has 15 aromatic rings. The molecular weight excluding hydrogens is 1820 g/mol. The van der Waals surface area contributed by atoms with Gasteiger partial charge in [-0.15, -0.1) is 0 Å². The van der Waals surface area contributed by atoms with Crippen molar-refractivity contribution >= 4 is 92.7 Å². The predicted octanol–water partition coefficient (Wildman–Crippen LogP) is 39.9. The molecule has 0 fully saturated rings. The highest BCUT2D eigenvalue weighted by Crippen LogP contribution is 2.50. The van der Waals surface area contributed by atoms with E-state index in [1.807, 2.05) is 0 Å². The van der Waals surface area contributed by atoms with Gasteiger partial charge in [-0.1, -0.05) is 431 Å². The Kier molecular flexibility index (Phi) is 25.9. The standard InChI is InChI=1S/C142H158N8/c1-131(2,3)95-65-89(66-96(77-95)132(4,5)6)125-111-53-49-107(143-111)123(108-50-54-112(144-108)126(90-67-97(133(7,8)9)78-98(68-90)134(10,11)12)116-58-62-120(148-116)129(119-61-57-115(125)147-119)93-73-103(139(25,26)27)81-104(74-93)140(28,29)30)87-45-41-85(42-46-87)83-37-39-84(40-38-83)86-43-47-88(48-44-86)124-109-51-55-113(145-109)127(91-69-99(135(13,14)15)79-100(70-91)136(16,17)18)117-59-63-121(149-117)130(94-75-105(141(31,32)33)82-106(76-94)142(34,35)36)122-64-60-118(150-122)128(114-56-52-110(124)146-114)92-71-101(137(19,20)21)80-102(72-92)138(22,23)24/h37-82,143,145,148,150H,1-36H3. The van der Waals surface area contributed by atoms with Gasteiger partial charge in [-0.05, 0) is 296 Å². The summed E-state index contributed by atoms with van der Waals surface area (Å²) in [5.74, 6) is 0. The largest absolute Gasteiger partial charge is 0.354 e. The van der Waals surface area contributed by atoms with E-state index in [1.54, 1.807) is 0 Å². The molecular formula is C142H158N8. The Morgan fingerprint density at radius 1 is 0.120 bits per heavy atom. The van der Waals surface area contributed by atoms with Crippen molar-refractivity contribution in [3.63, 3.8) is 0 Å². The van der Waals surface area contributed by atoms with Gasteiger partial charge in [0.2, 0.25) is 0 Å². The van der Waals surface area contributed by atoms with Crippen LogP contribution in [0.4, 0.5) is 0 Å². The summed E-state index contributed by atoms with van der Waals surface area (Å²) in [6.07, 6.45) is 18.0. The molecule has 0 radical (unpaired) electrons. The number of fused-ring (bicyclic) bond motifs is 16. The molecule has 0 atom stereocenters. The normalized spacial score (nSPS) is 13.6. The van der Waals surface area contributed by atoms with Crippen molar-refractivity contribution in [2.75, 3.05) is 0 Å². The third kappa shape index (κ3) is 21.1. The number of rotatable bonds is 10. The quantitative estimate of drug-likeness (QED) is 0.109. The Bertz CT molecular complexity index is 7610. The maximum Gasteiger partial charge on any atom is 0.0737 e. The lowest BCUT2D eigenvalue weighted by Crippen LogP contribution is -2.16. The van der Waals surface area contributed by atoms with Crippen LogP contribution in [0.1, 0.15) is 362 Å². The number of hydrogen-bond acceptors (Lipinski definition) is 4. The van der Waals surface area contributed by atoms with Crippen molar-refractivity contribution < 1.29 is 0 Å². The van der Waals surface area contributed by atoms with Crippen molar-refractivity contribution in [3.8, 4) is 111 Å². The summed E-state index contributed by atoms with van der Waals surface area (Å²) in [6.45, 7) is 83.8. The Hall–Kier alpha value is -13.8. The van der Waals surface area contributed by atoms with Crippen LogP contribution in [0.5, 0.6) is 0 Å². The third-order valence-electron chi connectivity index (χ3n) is 31.1. The van der Waals surface area contributed by atoms with Crippen molar-refractivity contribution in [2.45, 2.75) is 314 Å². The molecule has 0 aliphatic carbocycles. The van der Waals surface area contributed by atoms with Gasteiger partial charge in [0.25, 0.3) is 0 Å². The van der Waals surface area contributed by atoms with Gasteiger partial charge in [0.1, 0.15) is 0 Å². The molecule has 0 saturated carbocycles. The molecule has 766 valence electrons. The molecule has 0 saturated heterocycles. The molecule has 10 heterocycles. The summed E-state index contributed by atoms with van der Waals surface area (Å²) in [5, 5.41) is 0. The topological polar surface area (TPSA) is 115 Å². The van der Waals surface area contributed by atoms with Gasteiger partial charge >= 0.3 is 0 Å². The van der Waals surface area contributed by atoms with Gasteiger partial charge in [-0.2, -0.15) is 0 Å². The van der Waals surface area contributed by atoms with E-state index in [0.717, 1.165) is 201 Å². The van der Waals surface area contributed by atoms with Crippen LogP contribution < -0.4 is 0 Å². The average Bonchev–Trinajstić information content (AvgIpc) is 1.69. The van der Waals surface area contributed by atoms with Crippen LogP contribution in [0.3, 0.4) is 0 Å². The van der Waals surface area contributed by atoms with Crippen LogP contribution in [0, 0.1) is 0 Å². The van der Waals surface area contributed by atoms with Gasteiger partial charge in [0.15, 0.2) is 0 Å². The SMILES string of the molecule is CC(C)(C)c1cc(-c2c3nc(c(-c4cc(C(C)(C)C)cc(C(C)(C)C)c4)c4ccc([nH]4)c(-c4cc(C(C)(C)C)cc(C(C)(C)C)c4)c4nc(c(-c5ccc(-c6ccc(-c7ccc(-c8c9nc(c(-c%10cc(C(C)(C)C)cc(C(C)(C)C)c%10)c%10ccc([nH]%10)c(-c%10cc(C(C)(C)C)cc(C(C)(C)C)c%10)c%10nc(c(-c%11cc(C(C)(C)C)cc(C(C)(C)C)c%11)c%11ccc8[nH]%11)C=C%10)C=C9)cc7)cc6)cc5)c5ccc2[nH]5)C=C4)C=C3)cc(C(C)(C)C)c1. The fourth-order valence-corrected chi connectivity index (χ4v) is 21.2. The van der Waals surface area contributed by atoms with Crippen LogP contribution >= 0.6 is 0 Å². The molecule has 4 aliphatic heterocycles. The summed E-state index contributed by atoms with van der Waals surface area (Å²) in [5.41, 5.74) is 49.5. The molecule has 6 aromatic heterocycles. The smallest absolute Gasteiger partial charge is 0.0737 e. The summed E-state index contributed by atoms with van der Waals surface area (Å²) >= 11 is 0. The number of hydrogen-bond donors (Lipinski definition) is 4. The van der Waals surface area contributed by atoms with Crippen LogP contribution in [-0.2, 0) is 65.0 Å². The lowest BCUT2D eigenvalue weighted by molar-refractivity contribution is 0.568. The summed E-state index contributed by atoms with van der Waals surface area (Å²) in [4.78, 5) is 40.5. The lowest BCUT2D eigenvalue weighted by Gasteiger charge is -2.26. The van der Waals surface area contributed by atoms with Gasteiger partial charge < -0.3 is 19.9 Å². The summed E-state index contributed by atoms with van der Waals surface area (Å²) < 4.78 is 0. The zero-order valence-electron chi connectivity index (χ0n) is 96.3. The van der Waals surface area contributed by atoms with E-state index in [1.165, 1.54) is 66.8 Å². The van der Waals surface area contributed by atoms with Crippen LogP contribution in [0.2, 0.25) is 0 Å². The molecule has 8 nitrogen and oxygen atoms in total. The van der Waals surface area contributed by atoms with Gasteiger partial charge in [-0.3, -0.25) is 0 Å². The van der Waals surface area contributed by atoms with E-state index < -0.39 is 0 Å². The van der Waals surface area contributed by atoms with Gasteiger partial charge in [0.05, 0.1) is 45.6 Å². The molecule has 16 bridgehead atoms. The fourth-order valence-electron chi connectivity index (χ4n) is 21.2. The van der Waals surface area contributed by atoms with E-state index in [2.05, 4.69) is 548 Å². The Morgan fingerprint density at radius 2 is 0.220 bits per heavy atom. The van der Waals surface area contributed by atoms with Crippen LogP contribution in [0.25, 0.3) is 204 Å². The minimum atomic E-state index is -0.155. The lowest BCUT2D eigenvalue weighted by atomic mass is 9.78. The van der Waals surface area contributed by atoms with Crippen molar-refractivity contribution in [1.82, 2.24) is 39.9 Å².